The van der Waals surface area contributed by atoms with Gasteiger partial charge in [-0.3, -0.25) is 10.1 Å². The summed E-state index contributed by atoms with van der Waals surface area (Å²) in [5.74, 6) is 0.734. The first-order chi connectivity index (χ1) is 10.7. The van der Waals surface area contributed by atoms with Crippen molar-refractivity contribution in [1.82, 2.24) is 9.97 Å². The monoisotopic (exact) mass is 295 g/mol. The molecule has 0 amide bonds. The zero-order valence-electron chi connectivity index (χ0n) is 11.6. The smallest absolute Gasteiger partial charge is 0.269 e. The van der Waals surface area contributed by atoms with Crippen molar-refractivity contribution in [2.45, 2.75) is 6.61 Å². The lowest BCUT2D eigenvalue weighted by molar-refractivity contribution is -0.384. The van der Waals surface area contributed by atoms with Crippen LogP contribution in [0.25, 0.3) is 11.3 Å². The first-order valence-corrected chi connectivity index (χ1v) is 6.68. The molecule has 110 valence electrons. The van der Waals surface area contributed by atoms with Gasteiger partial charge in [0.25, 0.3) is 5.69 Å². The number of rotatable bonds is 5. The number of benzene rings is 2. The van der Waals surface area contributed by atoms with E-state index in [0.29, 0.717) is 6.61 Å². The molecule has 0 radical (unpaired) electrons. The van der Waals surface area contributed by atoms with Crippen LogP contribution >= 0.6 is 0 Å². The molecule has 0 saturated heterocycles. The van der Waals surface area contributed by atoms with Gasteiger partial charge >= 0.3 is 0 Å². The summed E-state index contributed by atoms with van der Waals surface area (Å²) in [6.07, 6.45) is 3.46. The summed E-state index contributed by atoms with van der Waals surface area (Å²) in [5.41, 5.74) is 2.83. The molecule has 2 aromatic carbocycles. The summed E-state index contributed by atoms with van der Waals surface area (Å²) < 4.78 is 5.67. The third-order valence-electron chi connectivity index (χ3n) is 3.20. The van der Waals surface area contributed by atoms with E-state index in [1.54, 1.807) is 18.5 Å². The number of nitro benzene ring substituents is 1. The highest BCUT2D eigenvalue weighted by atomic mass is 16.6. The van der Waals surface area contributed by atoms with Crippen molar-refractivity contribution in [3.05, 3.63) is 76.7 Å². The van der Waals surface area contributed by atoms with Crippen LogP contribution < -0.4 is 4.74 Å². The number of hydrogen-bond acceptors (Lipinski definition) is 4. The van der Waals surface area contributed by atoms with Crippen LogP contribution in [0.4, 0.5) is 5.69 Å². The average Bonchev–Trinajstić information content (AvgIpc) is 3.08. The second kappa shape index (κ2) is 6.09. The molecule has 3 rings (SSSR count). The van der Waals surface area contributed by atoms with Crippen LogP contribution in [-0.2, 0) is 6.61 Å². The summed E-state index contributed by atoms with van der Waals surface area (Å²) in [6, 6.07) is 13.9. The SMILES string of the molecule is O=[N+]([O-])c1ccc(COc2ccc(-c3c[nH]cn3)cc2)cc1. The third-order valence-corrected chi connectivity index (χ3v) is 3.20. The fourth-order valence-corrected chi connectivity index (χ4v) is 2.02. The highest BCUT2D eigenvalue weighted by Gasteiger charge is 2.04. The van der Waals surface area contributed by atoms with Crippen molar-refractivity contribution in [3.63, 3.8) is 0 Å². The van der Waals surface area contributed by atoms with E-state index < -0.39 is 4.92 Å². The van der Waals surface area contributed by atoms with Gasteiger partial charge in [-0.05, 0) is 42.0 Å². The van der Waals surface area contributed by atoms with Crippen LogP contribution in [0.3, 0.4) is 0 Å². The number of nitrogens with one attached hydrogen (secondary N) is 1. The lowest BCUT2D eigenvalue weighted by Gasteiger charge is -2.06. The molecule has 3 aromatic rings. The molecule has 1 N–H and O–H groups in total. The quantitative estimate of drug-likeness (QED) is 0.576. The molecule has 0 atom stereocenters. The molecule has 0 bridgehead atoms. The van der Waals surface area contributed by atoms with E-state index in [1.165, 1.54) is 12.1 Å². The van der Waals surface area contributed by atoms with E-state index >= 15 is 0 Å². The van der Waals surface area contributed by atoms with Gasteiger partial charge < -0.3 is 9.72 Å². The number of nitrogens with zero attached hydrogens (tertiary/aromatic N) is 2. The van der Waals surface area contributed by atoms with Crippen LogP contribution in [0, 0.1) is 10.1 Å². The maximum absolute atomic E-state index is 10.6. The number of nitro groups is 1. The molecule has 6 nitrogen and oxygen atoms in total. The molecule has 0 unspecified atom stereocenters. The predicted octanol–water partition coefficient (Wildman–Crippen LogP) is 3.56. The van der Waals surface area contributed by atoms with Gasteiger partial charge in [-0.1, -0.05) is 0 Å². The number of aromatic amines is 1. The minimum absolute atomic E-state index is 0.0760. The van der Waals surface area contributed by atoms with Crippen molar-refractivity contribution in [2.75, 3.05) is 0 Å². The van der Waals surface area contributed by atoms with E-state index in [0.717, 1.165) is 22.6 Å². The van der Waals surface area contributed by atoms with E-state index in [9.17, 15) is 10.1 Å². The van der Waals surface area contributed by atoms with Crippen LogP contribution in [0.15, 0.2) is 61.1 Å². The van der Waals surface area contributed by atoms with E-state index in [-0.39, 0.29) is 5.69 Å². The summed E-state index contributed by atoms with van der Waals surface area (Å²) >= 11 is 0. The van der Waals surface area contributed by atoms with Gasteiger partial charge in [0.2, 0.25) is 0 Å². The maximum Gasteiger partial charge on any atom is 0.269 e. The molecular formula is C16H13N3O3. The first kappa shape index (κ1) is 13.8. The number of hydrogen-bond donors (Lipinski definition) is 1. The number of non-ortho nitro benzene ring substituents is 1. The van der Waals surface area contributed by atoms with Gasteiger partial charge in [0.1, 0.15) is 12.4 Å². The molecular weight excluding hydrogens is 282 g/mol. The standard InChI is InChI=1S/C16H13N3O3/c20-19(21)14-5-1-12(2-6-14)10-22-15-7-3-13(4-8-15)16-9-17-11-18-16/h1-9,11H,10H2,(H,17,18). The Kier molecular flexibility index (Phi) is 3.82. The lowest BCUT2D eigenvalue weighted by Crippen LogP contribution is -1.96. The van der Waals surface area contributed by atoms with Gasteiger partial charge in [0.15, 0.2) is 0 Å². The Hall–Kier alpha value is -3.15. The number of imidazole rings is 1. The second-order valence-corrected chi connectivity index (χ2v) is 4.69. The van der Waals surface area contributed by atoms with Gasteiger partial charge in [-0.25, -0.2) is 4.98 Å². The van der Waals surface area contributed by atoms with Crippen LogP contribution in [0.5, 0.6) is 5.75 Å². The minimum Gasteiger partial charge on any atom is -0.489 e. The fraction of sp³-hybridized carbons (Fsp3) is 0.0625. The second-order valence-electron chi connectivity index (χ2n) is 4.69. The van der Waals surface area contributed by atoms with Crippen LogP contribution in [0.2, 0.25) is 0 Å². The number of ether oxygens (including phenoxy) is 1. The van der Waals surface area contributed by atoms with Crippen LogP contribution in [0.1, 0.15) is 5.56 Å². The zero-order chi connectivity index (χ0) is 15.4. The Balaban J connectivity index is 1.63. The highest BCUT2D eigenvalue weighted by Crippen LogP contribution is 2.21. The van der Waals surface area contributed by atoms with Gasteiger partial charge in [-0.2, -0.15) is 0 Å². The Morgan fingerprint density at radius 2 is 1.82 bits per heavy atom. The molecule has 0 saturated carbocycles. The third kappa shape index (κ3) is 3.12. The molecule has 0 aliphatic rings. The Morgan fingerprint density at radius 3 is 2.41 bits per heavy atom. The topological polar surface area (TPSA) is 81.0 Å². The highest BCUT2D eigenvalue weighted by molar-refractivity contribution is 5.58. The van der Waals surface area contributed by atoms with Gasteiger partial charge in [0, 0.05) is 23.9 Å². The van der Waals surface area contributed by atoms with Crippen molar-refractivity contribution >= 4 is 5.69 Å². The molecule has 1 aromatic heterocycles. The summed E-state index contributed by atoms with van der Waals surface area (Å²) in [4.78, 5) is 17.3. The van der Waals surface area contributed by atoms with Gasteiger partial charge in [0.05, 0.1) is 16.9 Å². The average molecular weight is 295 g/mol. The molecule has 1 heterocycles. The van der Waals surface area contributed by atoms with E-state index in [4.69, 9.17) is 4.74 Å². The molecule has 0 spiro atoms. The summed E-state index contributed by atoms with van der Waals surface area (Å²) in [6.45, 7) is 0.361. The lowest BCUT2D eigenvalue weighted by atomic mass is 10.1. The number of aromatic nitrogens is 2. The molecule has 0 fully saturated rings. The van der Waals surface area contributed by atoms with E-state index in [2.05, 4.69) is 9.97 Å². The minimum atomic E-state index is -0.418. The Labute approximate surface area is 126 Å². The molecule has 0 aliphatic heterocycles. The van der Waals surface area contributed by atoms with Gasteiger partial charge in [-0.15, -0.1) is 0 Å². The Morgan fingerprint density at radius 1 is 1.09 bits per heavy atom. The van der Waals surface area contributed by atoms with E-state index in [1.807, 2.05) is 30.5 Å². The first-order valence-electron chi connectivity index (χ1n) is 6.68. The van der Waals surface area contributed by atoms with Crippen molar-refractivity contribution in [3.8, 4) is 17.0 Å². The van der Waals surface area contributed by atoms with Crippen molar-refractivity contribution in [2.24, 2.45) is 0 Å². The van der Waals surface area contributed by atoms with Crippen LogP contribution in [-0.4, -0.2) is 14.9 Å². The molecule has 6 heteroatoms. The summed E-state index contributed by atoms with van der Waals surface area (Å²) in [5, 5.41) is 10.6. The number of H-pyrrole nitrogens is 1. The Bertz CT molecular complexity index is 750. The normalized spacial score (nSPS) is 10.4. The molecule has 22 heavy (non-hydrogen) atoms. The fourth-order valence-electron chi connectivity index (χ4n) is 2.02. The maximum atomic E-state index is 10.6. The predicted molar refractivity (Wildman–Crippen MR) is 81.5 cm³/mol. The summed E-state index contributed by atoms with van der Waals surface area (Å²) in [7, 11) is 0. The molecule has 0 aliphatic carbocycles. The van der Waals surface area contributed by atoms with Crippen molar-refractivity contribution in [1.29, 1.82) is 0 Å². The van der Waals surface area contributed by atoms with Crippen molar-refractivity contribution < 1.29 is 9.66 Å². The largest absolute Gasteiger partial charge is 0.489 e. The zero-order valence-corrected chi connectivity index (χ0v) is 11.6.